The van der Waals surface area contributed by atoms with Gasteiger partial charge in [-0.15, -0.1) is 0 Å². The molecule has 0 aliphatic rings. The molecule has 1 aromatic heterocycles. The van der Waals surface area contributed by atoms with Crippen molar-refractivity contribution in [2.75, 3.05) is 6.54 Å². The Labute approximate surface area is 107 Å². The van der Waals surface area contributed by atoms with Crippen molar-refractivity contribution in [1.29, 1.82) is 0 Å². The lowest BCUT2D eigenvalue weighted by Gasteiger charge is -2.07. The van der Waals surface area contributed by atoms with Crippen LogP contribution in [0.25, 0.3) is 0 Å². The summed E-state index contributed by atoms with van der Waals surface area (Å²) in [5.41, 5.74) is 2.84. The summed E-state index contributed by atoms with van der Waals surface area (Å²) in [5.74, 6) is 0.860. The predicted molar refractivity (Wildman–Crippen MR) is 70.7 cm³/mol. The minimum atomic E-state index is -0.0252. The van der Waals surface area contributed by atoms with Gasteiger partial charge in [0.15, 0.2) is 0 Å². The molecule has 1 heterocycles. The van der Waals surface area contributed by atoms with Gasteiger partial charge in [-0.2, -0.15) is 0 Å². The van der Waals surface area contributed by atoms with E-state index in [9.17, 15) is 4.79 Å². The van der Waals surface area contributed by atoms with Gasteiger partial charge in [0.05, 0.1) is 6.26 Å². The average Bonchev–Trinajstić information content (AvgIpc) is 2.85. The van der Waals surface area contributed by atoms with Crippen LogP contribution in [0.2, 0.25) is 0 Å². The number of hydrogen-bond acceptors (Lipinski definition) is 2. The first kappa shape index (κ1) is 12.4. The maximum Gasteiger partial charge on any atom is 0.251 e. The number of rotatable bonds is 4. The normalized spacial score (nSPS) is 10.3. The second kappa shape index (κ2) is 5.54. The van der Waals surface area contributed by atoms with E-state index in [1.807, 2.05) is 44.2 Å². The molecular weight excluding hydrogens is 226 g/mol. The van der Waals surface area contributed by atoms with E-state index in [4.69, 9.17) is 4.42 Å². The molecule has 0 saturated heterocycles. The molecule has 0 saturated carbocycles. The van der Waals surface area contributed by atoms with Gasteiger partial charge in [-0.25, -0.2) is 0 Å². The van der Waals surface area contributed by atoms with E-state index in [1.165, 1.54) is 0 Å². The van der Waals surface area contributed by atoms with Crippen LogP contribution in [0.15, 0.2) is 41.0 Å². The molecule has 1 N–H and O–H groups in total. The number of benzene rings is 1. The van der Waals surface area contributed by atoms with Crippen LogP contribution in [0.4, 0.5) is 0 Å². The average molecular weight is 243 g/mol. The number of aryl methyl sites for hydroxylation is 2. The fourth-order valence-corrected chi connectivity index (χ4v) is 1.83. The van der Waals surface area contributed by atoms with Gasteiger partial charge in [-0.1, -0.05) is 17.7 Å². The van der Waals surface area contributed by atoms with Crippen molar-refractivity contribution in [3.8, 4) is 0 Å². The van der Waals surface area contributed by atoms with E-state index in [0.717, 1.165) is 22.5 Å². The lowest BCUT2D eigenvalue weighted by atomic mass is 10.1. The summed E-state index contributed by atoms with van der Waals surface area (Å²) in [5, 5.41) is 2.91. The third-order valence-electron chi connectivity index (χ3n) is 2.87. The van der Waals surface area contributed by atoms with Gasteiger partial charge >= 0.3 is 0 Å². The monoisotopic (exact) mass is 243 g/mol. The van der Waals surface area contributed by atoms with Gasteiger partial charge in [-0.05, 0) is 37.6 Å². The Hall–Kier alpha value is -2.03. The molecular formula is C15H17NO2. The lowest BCUT2D eigenvalue weighted by Crippen LogP contribution is -2.26. The van der Waals surface area contributed by atoms with Crippen LogP contribution >= 0.6 is 0 Å². The molecule has 0 aliphatic heterocycles. The first-order chi connectivity index (χ1) is 8.66. The summed E-state index contributed by atoms with van der Waals surface area (Å²) in [4.78, 5) is 12.0. The SMILES string of the molecule is Cc1ccc(C)c(C(=O)NCCc2ccco2)c1. The molecule has 3 heteroatoms. The molecule has 0 atom stereocenters. The maximum absolute atomic E-state index is 12.0. The van der Waals surface area contributed by atoms with Crippen molar-refractivity contribution in [3.05, 3.63) is 59.0 Å². The van der Waals surface area contributed by atoms with Crippen LogP contribution in [0.5, 0.6) is 0 Å². The topological polar surface area (TPSA) is 42.2 Å². The smallest absolute Gasteiger partial charge is 0.251 e. The van der Waals surface area contributed by atoms with Crippen molar-refractivity contribution in [3.63, 3.8) is 0 Å². The molecule has 1 aromatic carbocycles. The highest BCUT2D eigenvalue weighted by molar-refractivity contribution is 5.95. The Kier molecular flexibility index (Phi) is 3.82. The van der Waals surface area contributed by atoms with Gasteiger partial charge < -0.3 is 9.73 Å². The maximum atomic E-state index is 12.0. The standard InChI is InChI=1S/C15H17NO2/c1-11-5-6-12(2)14(10-11)15(17)16-8-7-13-4-3-9-18-13/h3-6,9-10H,7-8H2,1-2H3,(H,16,17). The quantitative estimate of drug-likeness (QED) is 0.897. The highest BCUT2D eigenvalue weighted by atomic mass is 16.3. The largest absolute Gasteiger partial charge is 0.469 e. The fraction of sp³-hybridized carbons (Fsp3) is 0.267. The Balaban J connectivity index is 1.93. The summed E-state index contributed by atoms with van der Waals surface area (Å²) in [7, 11) is 0. The lowest BCUT2D eigenvalue weighted by molar-refractivity contribution is 0.0953. The van der Waals surface area contributed by atoms with Crippen LogP contribution in [0.3, 0.4) is 0 Å². The van der Waals surface area contributed by atoms with E-state index >= 15 is 0 Å². The van der Waals surface area contributed by atoms with E-state index in [0.29, 0.717) is 13.0 Å². The van der Waals surface area contributed by atoms with Crippen LogP contribution in [-0.4, -0.2) is 12.5 Å². The molecule has 0 unspecified atom stereocenters. The molecule has 18 heavy (non-hydrogen) atoms. The van der Waals surface area contributed by atoms with Gasteiger partial charge in [-0.3, -0.25) is 4.79 Å². The van der Waals surface area contributed by atoms with Crippen LogP contribution < -0.4 is 5.32 Å². The van der Waals surface area contributed by atoms with Crippen LogP contribution in [0.1, 0.15) is 27.2 Å². The Morgan fingerprint density at radius 2 is 2.11 bits per heavy atom. The minimum Gasteiger partial charge on any atom is -0.469 e. The third kappa shape index (κ3) is 3.00. The number of nitrogens with one attached hydrogen (secondary N) is 1. The van der Waals surface area contributed by atoms with Crippen molar-refractivity contribution >= 4 is 5.91 Å². The Morgan fingerprint density at radius 3 is 2.83 bits per heavy atom. The minimum absolute atomic E-state index is 0.0252. The number of amides is 1. The molecule has 1 amide bonds. The second-order valence-corrected chi connectivity index (χ2v) is 4.40. The Morgan fingerprint density at radius 1 is 1.28 bits per heavy atom. The number of furan rings is 1. The third-order valence-corrected chi connectivity index (χ3v) is 2.87. The van der Waals surface area contributed by atoms with Crippen LogP contribution in [-0.2, 0) is 6.42 Å². The molecule has 0 spiro atoms. The van der Waals surface area contributed by atoms with Crippen LogP contribution in [0, 0.1) is 13.8 Å². The van der Waals surface area contributed by atoms with Crippen molar-refractivity contribution in [2.24, 2.45) is 0 Å². The van der Waals surface area contributed by atoms with E-state index in [1.54, 1.807) is 6.26 Å². The number of carbonyl (C=O) groups excluding carboxylic acids is 1. The molecule has 0 aliphatic carbocycles. The van der Waals surface area contributed by atoms with Crippen molar-refractivity contribution < 1.29 is 9.21 Å². The van der Waals surface area contributed by atoms with Crippen molar-refractivity contribution in [1.82, 2.24) is 5.32 Å². The zero-order valence-electron chi connectivity index (χ0n) is 10.7. The molecule has 3 nitrogen and oxygen atoms in total. The van der Waals surface area contributed by atoms with Gasteiger partial charge in [0.25, 0.3) is 5.91 Å². The summed E-state index contributed by atoms with van der Waals surface area (Å²) < 4.78 is 5.21. The Bertz CT molecular complexity index is 529. The second-order valence-electron chi connectivity index (χ2n) is 4.40. The summed E-state index contributed by atoms with van der Waals surface area (Å²) in [6.07, 6.45) is 2.35. The first-order valence-electron chi connectivity index (χ1n) is 6.04. The first-order valence-corrected chi connectivity index (χ1v) is 6.04. The van der Waals surface area contributed by atoms with E-state index in [2.05, 4.69) is 5.32 Å². The summed E-state index contributed by atoms with van der Waals surface area (Å²) in [6, 6.07) is 9.65. The highest BCUT2D eigenvalue weighted by Gasteiger charge is 2.08. The predicted octanol–water partition coefficient (Wildman–Crippen LogP) is 2.87. The van der Waals surface area contributed by atoms with Crippen molar-refractivity contribution in [2.45, 2.75) is 20.3 Å². The van der Waals surface area contributed by atoms with E-state index < -0.39 is 0 Å². The van der Waals surface area contributed by atoms with Gasteiger partial charge in [0.2, 0.25) is 0 Å². The highest BCUT2D eigenvalue weighted by Crippen LogP contribution is 2.10. The number of hydrogen-bond donors (Lipinski definition) is 1. The van der Waals surface area contributed by atoms with E-state index in [-0.39, 0.29) is 5.91 Å². The van der Waals surface area contributed by atoms with Gasteiger partial charge in [0, 0.05) is 18.5 Å². The zero-order valence-corrected chi connectivity index (χ0v) is 10.7. The molecule has 2 rings (SSSR count). The molecule has 2 aromatic rings. The molecule has 0 bridgehead atoms. The van der Waals surface area contributed by atoms with Gasteiger partial charge in [0.1, 0.15) is 5.76 Å². The molecule has 94 valence electrons. The molecule has 0 fully saturated rings. The zero-order chi connectivity index (χ0) is 13.0. The molecule has 0 radical (unpaired) electrons. The summed E-state index contributed by atoms with van der Waals surface area (Å²) >= 11 is 0. The fourth-order valence-electron chi connectivity index (χ4n) is 1.83. The summed E-state index contributed by atoms with van der Waals surface area (Å²) in [6.45, 7) is 4.51. The number of carbonyl (C=O) groups is 1.